The molecule has 19 heavy (non-hydrogen) atoms. The molecule has 1 aromatic carbocycles. The molecule has 4 N–H and O–H groups in total. The van der Waals surface area contributed by atoms with E-state index in [4.69, 9.17) is 0 Å². The molecule has 1 heterocycles. The van der Waals surface area contributed by atoms with Crippen LogP contribution in [0.3, 0.4) is 0 Å². The highest BCUT2D eigenvalue weighted by Crippen LogP contribution is 2.33. The summed E-state index contributed by atoms with van der Waals surface area (Å²) in [6, 6.07) is 8.39. The molecule has 0 radical (unpaired) electrons. The maximum atomic E-state index is 9.96. The zero-order chi connectivity index (χ0) is 14.0. The Morgan fingerprint density at radius 3 is 1.89 bits per heavy atom. The van der Waals surface area contributed by atoms with Crippen molar-refractivity contribution in [1.29, 1.82) is 0 Å². The van der Waals surface area contributed by atoms with Crippen LogP contribution in [-0.4, -0.2) is 62.8 Å². The fraction of sp³-hybridized carbons (Fsp3) is 0.571. The topological polar surface area (TPSA) is 84.2 Å². The summed E-state index contributed by atoms with van der Waals surface area (Å²) in [5.74, 6) is 0. The SMILES string of the molecule is C[C@@H](c1ccccc1)N1[C@H](CO)[C@@H](O)[C@H](O)[C@@H]1CO. The molecule has 1 aliphatic heterocycles. The van der Waals surface area contributed by atoms with Crippen molar-refractivity contribution in [1.82, 2.24) is 4.90 Å². The van der Waals surface area contributed by atoms with Crippen LogP contribution < -0.4 is 0 Å². The zero-order valence-electron chi connectivity index (χ0n) is 10.9. The van der Waals surface area contributed by atoms with Crippen LogP contribution in [0.15, 0.2) is 30.3 Å². The summed E-state index contributed by atoms with van der Waals surface area (Å²) in [5.41, 5.74) is 1.01. The van der Waals surface area contributed by atoms with E-state index < -0.39 is 24.3 Å². The lowest BCUT2D eigenvalue weighted by molar-refractivity contribution is 0.0130. The van der Waals surface area contributed by atoms with E-state index in [0.29, 0.717) is 0 Å². The maximum absolute atomic E-state index is 9.96. The standard InChI is InChI=1S/C14H21NO4/c1-9(10-5-3-2-4-6-10)15-11(7-16)13(18)14(19)12(15)8-17/h2-6,9,11-14,16-19H,7-8H2,1H3/t9-,11-,12+,13+,14+/m0/s1. The van der Waals surface area contributed by atoms with Gasteiger partial charge in [0.2, 0.25) is 0 Å². The second-order valence-electron chi connectivity index (χ2n) is 5.01. The minimum atomic E-state index is -1.05. The number of likely N-dealkylation sites (tertiary alicyclic amines) is 1. The third-order valence-electron chi connectivity index (χ3n) is 4.01. The largest absolute Gasteiger partial charge is 0.395 e. The van der Waals surface area contributed by atoms with Crippen LogP contribution in [-0.2, 0) is 0 Å². The van der Waals surface area contributed by atoms with Crippen LogP contribution in [0, 0.1) is 0 Å². The highest BCUT2D eigenvalue weighted by atomic mass is 16.3. The second kappa shape index (κ2) is 5.98. The molecule has 0 bridgehead atoms. The van der Waals surface area contributed by atoms with E-state index in [1.807, 2.05) is 37.3 Å². The van der Waals surface area contributed by atoms with Gasteiger partial charge in [-0.1, -0.05) is 30.3 Å². The normalized spacial score (nSPS) is 33.5. The Morgan fingerprint density at radius 2 is 1.47 bits per heavy atom. The second-order valence-corrected chi connectivity index (χ2v) is 5.01. The molecule has 1 aliphatic rings. The van der Waals surface area contributed by atoms with Gasteiger partial charge in [0.15, 0.2) is 0 Å². The third-order valence-corrected chi connectivity index (χ3v) is 4.01. The van der Waals surface area contributed by atoms with Gasteiger partial charge < -0.3 is 20.4 Å². The van der Waals surface area contributed by atoms with Crippen LogP contribution in [0.25, 0.3) is 0 Å². The van der Waals surface area contributed by atoms with Crippen molar-refractivity contribution >= 4 is 0 Å². The summed E-state index contributed by atoms with van der Waals surface area (Å²) in [4.78, 5) is 1.80. The lowest BCUT2D eigenvalue weighted by atomic mass is 10.1. The first-order valence-electron chi connectivity index (χ1n) is 6.52. The lowest BCUT2D eigenvalue weighted by Crippen LogP contribution is -2.44. The smallest absolute Gasteiger partial charge is 0.0992 e. The van der Waals surface area contributed by atoms with Gasteiger partial charge >= 0.3 is 0 Å². The Kier molecular flexibility index (Phi) is 4.54. The summed E-state index contributed by atoms with van der Waals surface area (Å²) >= 11 is 0. The van der Waals surface area contributed by atoms with Gasteiger partial charge in [-0.3, -0.25) is 4.90 Å². The van der Waals surface area contributed by atoms with Gasteiger partial charge in [-0.15, -0.1) is 0 Å². The Balaban J connectivity index is 2.29. The number of benzene rings is 1. The predicted molar refractivity (Wildman–Crippen MR) is 70.5 cm³/mol. The average molecular weight is 267 g/mol. The van der Waals surface area contributed by atoms with Crippen molar-refractivity contribution < 1.29 is 20.4 Å². The van der Waals surface area contributed by atoms with Crippen molar-refractivity contribution in [2.75, 3.05) is 13.2 Å². The summed E-state index contributed by atoms with van der Waals surface area (Å²) in [5, 5.41) is 38.8. The number of hydrogen-bond donors (Lipinski definition) is 4. The number of rotatable bonds is 4. The molecule has 1 fully saturated rings. The fourth-order valence-electron chi connectivity index (χ4n) is 2.94. The van der Waals surface area contributed by atoms with E-state index in [2.05, 4.69) is 0 Å². The van der Waals surface area contributed by atoms with Crippen molar-refractivity contribution in [3.8, 4) is 0 Å². The lowest BCUT2D eigenvalue weighted by Gasteiger charge is -2.34. The molecule has 0 unspecified atom stereocenters. The molecular formula is C14H21NO4. The van der Waals surface area contributed by atoms with Crippen molar-refractivity contribution in [2.24, 2.45) is 0 Å². The Hall–Kier alpha value is -0.980. The Morgan fingerprint density at radius 1 is 1.00 bits per heavy atom. The van der Waals surface area contributed by atoms with Gasteiger partial charge in [0.05, 0.1) is 37.5 Å². The molecule has 2 rings (SSSR count). The van der Waals surface area contributed by atoms with Gasteiger partial charge in [-0.05, 0) is 12.5 Å². The quantitative estimate of drug-likeness (QED) is 0.591. The van der Waals surface area contributed by atoms with Crippen LogP contribution in [0.1, 0.15) is 18.5 Å². The van der Waals surface area contributed by atoms with Crippen molar-refractivity contribution in [2.45, 2.75) is 37.3 Å². The third kappa shape index (κ3) is 2.52. The van der Waals surface area contributed by atoms with Gasteiger partial charge in [0.25, 0.3) is 0 Å². The van der Waals surface area contributed by atoms with E-state index in [0.717, 1.165) is 5.56 Å². The number of nitrogens with zero attached hydrogens (tertiary/aromatic N) is 1. The highest BCUT2D eigenvalue weighted by Gasteiger charge is 2.48. The molecule has 0 spiro atoms. The van der Waals surface area contributed by atoms with Crippen molar-refractivity contribution in [3.05, 3.63) is 35.9 Å². The van der Waals surface area contributed by atoms with Crippen LogP contribution in [0.5, 0.6) is 0 Å². The Bertz CT molecular complexity index is 384. The maximum Gasteiger partial charge on any atom is 0.0992 e. The first-order chi connectivity index (χ1) is 9.11. The highest BCUT2D eigenvalue weighted by molar-refractivity contribution is 5.20. The fourth-order valence-corrected chi connectivity index (χ4v) is 2.94. The predicted octanol–water partition coefficient (Wildman–Crippen LogP) is -0.493. The van der Waals surface area contributed by atoms with E-state index >= 15 is 0 Å². The van der Waals surface area contributed by atoms with Gasteiger partial charge in [0, 0.05) is 6.04 Å². The molecule has 1 saturated heterocycles. The zero-order valence-corrected chi connectivity index (χ0v) is 10.9. The summed E-state index contributed by atoms with van der Waals surface area (Å²) in [6.07, 6.45) is -2.10. The minimum absolute atomic E-state index is 0.109. The van der Waals surface area contributed by atoms with Gasteiger partial charge in [-0.25, -0.2) is 0 Å². The molecule has 0 saturated carbocycles. The minimum Gasteiger partial charge on any atom is -0.395 e. The molecule has 5 nitrogen and oxygen atoms in total. The van der Waals surface area contributed by atoms with Crippen LogP contribution in [0.4, 0.5) is 0 Å². The Labute approximate surface area is 112 Å². The van der Waals surface area contributed by atoms with Crippen molar-refractivity contribution in [3.63, 3.8) is 0 Å². The number of hydrogen-bond acceptors (Lipinski definition) is 5. The summed E-state index contributed by atoms with van der Waals surface area (Å²) < 4.78 is 0. The average Bonchev–Trinajstić information content (AvgIpc) is 2.70. The van der Waals surface area contributed by atoms with E-state index in [1.165, 1.54) is 0 Å². The van der Waals surface area contributed by atoms with E-state index in [9.17, 15) is 20.4 Å². The monoisotopic (exact) mass is 267 g/mol. The first kappa shape index (κ1) is 14.4. The summed E-state index contributed by atoms with van der Waals surface area (Å²) in [7, 11) is 0. The molecule has 0 aromatic heterocycles. The molecular weight excluding hydrogens is 246 g/mol. The molecule has 0 amide bonds. The molecule has 106 valence electrons. The van der Waals surface area contributed by atoms with E-state index in [-0.39, 0.29) is 19.3 Å². The van der Waals surface area contributed by atoms with E-state index in [1.54, 1.807) is 4.90 Å². The van der Waals surface area contributed by atoms with Crippen LogP contribution in [0.2, 0.25) is 0 Å². The molecule has 5 atom stereocenters. The summed E-state index contributed by atoms with van der Waals surface area (Å²) in [6.45, 7) is 1.42. The molecule has 0 aliphatic carbocycles. The molecule has 5 heteroatoms. The van der Waals surface area contributed by atoms with Crippen LogP contribution >= 0.6 is 0 Å². The number of aliphatic hydroxyl groups excluding tert-OH is 4. The number of aliphatic hydroxyl groups is 4. The molecule has 1 aromatic rings. The van der Waals surface area contributed by atoms with Gasteiger partial charge in [-0.2, -0.15) is 0 Å². The first-order valence-corrected chi connectivity index (χ1v) is 6.52. The van der Waals surface area contributed by atoms with Gasteiger partial charge in [0.1, 0.15) is 0 Å².